The molecule has 0 bridgehead atoms. The summed E-state index contributed by atoms with van der Waals surface area (Å²) in [7, 11) is 1.29. The van der Waals surface area contributed by atoms with Crippen LogP contribution in [-0.2, 0) is 11.3 Å². The molecule has 2 rings (SSSR count). The Kier molecular flexibility index (Phi) is 4.47. The molecule has 0 aliphatic heterocycles. The van der Waals surface area contributed by atoms with Crippen LogP contribution in [0, 0.1) is 18.2 Å². The Balaban J connectivity index is 2.83. The summed E-state index contributed by atoms with van der Waals surface area (Å²) in [5.74, 6) is 0.944. The fourth-order valence-electron chi connectivity index (χ4n) is 2.13. The molecule has 1 aromatic heterocycles. The van der Waals surface area contributed by atoms with Gasteiger partial charge in [-0.15, -0.1) is 6.42 Å². The molecular weight excluding hydrogens is 289 g/mol. The van der Waals surface area contributed by atoms with Crippen molar-refractivity contribution in [3.05, 3.63) is 39.9 Å². The molecule has 0 atom stereocenters. The normalized spacial score (nSPS) is 10.3. The number of benzene rings is 1. The number of hydrogen-bond acceptors (Lipinski definition) is 4. The van der Waals surface area contributed by atoms with E-state index >= 15 is 0 Å². The van der Waals surface area contributed by atoms with Crippen LogP contribution < -0.4 is 10.2 Å². The molecule has 6 heteroatoms. The standard InChI is InChI=1S/C16H14FNO4/c1-4-6-18-9-11(16(20)22-5-2)15(19)10-7-14(21-3)12(17)8-13(10)18/h1,7-9H,5-6H2,2-3H3. The first-order valence-corrected chi connectivity index (χ1v) is 6.54. The Morgan fingerprint density at radius 3 is 2.77 bits per heavy atom. The van der Waals surface area contributed by atoms with Crippen molar-refractivity contribution in [2.24, 2.45) is 0 Å². The molecule has 2 aromatic rings. The van der Waals surface area contributed by atoms with Crippen molar-refractivity contribution in [2.45, 2.75) is 13.5 Å². The molecule has 0 aliphatic carbocycles. The average Bonchev–Trinajstić information content (AvgIpc) is 2.50. The summed E-state index contributed by atoms with van der Waals surface area (Å²) in [6, 6.07) is 2.41. The minimum absolute atomic E-state index is 0.0783. The van der Waals surface area contributed by atoms with Crippen molar-refractivity contribution in [3.63, 3.8) is 0 Å². The van der Waals surface area contributed by atoms with Gasteiger partial charge in [0.2, 0.25) is 5.43 Å². The number of fused-ring (bicyclic) bond motifs is 1. The van der Waals surface area contributed by atoms with Crippen LogP contribution in [0.4, 0.5) is 4.39 Å². The molecule has 0 saturated carbocycles. The molecule has 0 unspecified atom stereocenters. The number of esters is 1. The van der Waals surface area contributed by atoms with E-state index in [2.05, 4.69) is 5.92 Å². The predicted octanol–water partition coefficient (Wildman–Crippen LogP) is 1.96. The van der Waals surface area contributed by atoms with Gasteiger partial charge in [-0.3, -0.25) is 4.79 Å². The molecule has 0 radical (unpaired) electrons. The monoisotopic (exact) mass is 303 g/mol. The van der Waals surface area contributed by atoms with Crippen molar-refractivity contribution < 1.29 is 18.7 Å². The van der Waals surface area contributed by atoms with Crippen LogP contribution in [0.5, 0.6) is 5.75 Å². The molecule has 0 aliphatic rings. The zero-order chi connectivity index (χ0) is 16.3. The minimum atomic E-state index is -0.747. The topological polar surface area (TPSA) is 57.5 Å². The highest BCUT2D eigenvalue weighted by Gasteiger charge is 2.18. The highest BCUT2D eigenvalue weighted by molar-refractivity contribution is 5.94. The molecular formula is C16H14FNO4. The van der Waals surface area contributed by atoms with Crippen LogP contribution in [0.25, 0.3) is 10.9 Å². The lowest BCUT2D eigenvalue weighted by molar-refractivity contribution is 0.0524. The number of rotatable bonds is 4. The van der Waals surface area contributed by atoms with Gasteiger partial charge in [0.1, 0.15) is 5.56 Å². The van der Waals surface area contributed by atoms with E-state index in [-0.39, 0.29) is 35.4 Å². The second kappa shape index (κ2) is 6.31. The molecule has 0 amide bonds. The summed E-state index contributed by atoms with van der Waals surface area (Å²) in [4.78, 5) is 24.3. The van der Waals surface area contributed by atoms with Gasteiger partial charge in [-0.1, -0.05) is 5.92 Å². The first kappa shape index (κ1) is 15.6. The fourth-order valence-corrected chi connectivity index (χ4v) is 2.13. The lowest BCUT2D eigenvalue weighted by Gasteiger charge is -2.12. The van der Waals surface area contributed by atoms with Crippen molar-refractivity contribution >= 4 is 16.9 Å². The largest absolute Gasteiger partial charge is 0.494 e. The first-order valence-electron chi connectivity index (χ1n) is 6.54. The average molecular weight is 303 g/mol. The summed E-state index contributed by atoms with van der Waals surface area (Å²) in [5, 5.41) is 0.138. The molecule has 0 fully saturated rings. The van der Waals surface area contributed by atoms with Crippen LogP contribution in [-0.4, -0.2) is 24.3 Å². The van der Waals surface area contributed by atoms with Gasteiger partial charge in [0.05, 0.1) is 31.2 Å². The maximum atomic E-state index is 13.9. The van der Waals surface area contributed by atoms with Gasteiger partial charge >= 0.3 is 5.97 Å². The van der Waals surface area contributed by atoms with Gasteiger partial charge in [0, 0.05) is 12.3 Å². The van der Waals surface area contributed by atoms with Crippen molar-refractivity contribution in [2.75, 3.05) is 13.7 Å². The molecule has 5 nitrogen and oxygen atoms in total. The van der Waals surface area contributed by atoms with Gasteiger partial charge in [-0.25, -0.2) is 9.18 Å². The second-order valence-corrected chi connectivity index (χ2v) is 4.43. The summed E-state index contributed by atoms with van der Waals surface area (Å²) in [5.41, 5.74) is -0.424. The Hall–Kier alpha value is -2.81. The van der Waals surface area contributed by atoms with E-state index in [4.69, 9.17) is 15.9 Å². The molecule has 0 saturated heterocycles. The number of aromatic nitrogens is 1. The molecule has 114 valence electrons. The van der Waals surface area contributed by atoms with Crippen LogP contribution in [0.2, 0.25) is 0 Å². The molecule has 0 N–H and O–H groups in total. The quantitative estimate of drug-likeness (QED) is 0.640. The maximum Gasteiger partial charge on any atom is 0.343 e. The second-order valence-electron chi connectivity index (χ2n) is 4.43. The summed E-state index contributed by atoms with van der Waals surface area (Å²) < 4.78 is 25.1. The van der Waals surface area contributed by atoms with E-state index in [0.717, 1.165) is 6.07 Å². The number of hydrogen-bond donors (Lipinski definition) is 0. The van der Waals surface area contributed by atoms with E-state index in [9.17, 15) is 14.0 Å². The van der Waals surface area contributed by atoms with E-state index in [0.29, 0.717) is 0 Å². The highest BCUT2D eigenvalue weighted by atomic mass is 19.1. The molecule has 22 heavy (non-hydrogen) atoms. The summed E-state index contributed by atoms with van der Waals surface area (Å²) in [6.45, 7) is 1.85. The molecule has 0 spiro atoms. The SMILES string of the molecule is C#CCn1cc(C(=O)OCC)c(=O)c2cc(OC)c(F)cc21. The molecule has 1 heterocycles. The van der Waals surface area contributed by atoms with Crippen molar-refractivity contribution in [1.82, 2.24) is 4.57 Å². The molecule has 1 aromatic carbocycles. The number of carbonyl (C=O) groups is 1. The van der Waals surface area contributed by atoms with Crippen molar-refractivity contribution in [1.29, 1.82) is 0 Å². The highest BCUT2D eigenvalue weighted by Crippen LogP contribution is 2.23. The lowest BCUT2D eigenvalue weighted by Crippen LogP contribution is -2.21. The lowest BCUT2D eigenvalue weighted by atomic mass is 10.1. The number of ether oxygens (including phenoxy) is 2. The van der Waals surface area contributed by atoms with Crippen LogP contribution in [0.3, 0.4) is 0 Å². The van der Waals surface area contributed by atoms with E-state index in [1.807, 2.05) is 0 Å². The van der Waals surface area contributed by atoms with E-state index < -0.39 is 17.2 Å². The Bertz CT molecular complexity index is 833. The summed E-state index contributed by atoms with van der Waals surface area (Å²) in [6.07, 6.45) is 6.57. The zero-order valence-corrected chi connectivity index (χ0v) is 12.2. The smallest absolute Gasteiger partial charge is 0.343 e. The van der Waals surface area contributed by atoms with Gasteiger partial charge in [0.15, 0.2) is 11.6 Å². The number of halogens is 1. The van der Waals surface area contributed by atoms with Crippen LogP contribution in [0.15, 0.2) is 23.1 Å². The third kappa shape index (κ3) is 2.66. The van der Waals surface area contributed by atoms with Gasteiger partial charge < -0.3 is 14.0 Å². The predicted molar refractivity (Wildman–Crippen MR) is 79.5 cm³/mol. The van der Waals surface area contributed by atoms with Crippen molar-refractivity contribution in [3.8, 4) is 18.1 Å². The van der Waals surface area contributed by atoms with Gasteiger partial charge in [0.25, 0.3) is 0 Å². The maximum absolute atomic E-state index is 13.9. The third-order valence-electron chi connectivity index (χ3n) is 3.11. The van der Waals surface area contributed by atoms with Crippen LogP contribution in [0.1, 0.15) is 17.3 Å². The Morgan fingerprint density at radius 1 is 1.45 bits per heavy atom. The van der Waals surface area contributed by atoms with Crippen LogP contribution >= 0.6 is 0 Å². The van der Waals surface area contributed by atoms with Gasteiger partial charge in [-0.05, 0) is 13.0 Å². The zero-order valence-electron chi connectivity index (χ0n) is 12.2. The third-order valence-corrected chi connectivity index (χ3v) is 3.11. The number of nitrogens with zero attached hydrogens (tertiary/aromatic N) is 1. The van der Waals surface area contributed by atoms with Gasteiger partial charge in [-0.2, -0.15) is 0 Å². The number of pyridine rings is 1. The summed E-state index contributed by atoms with van der Waals surface area (Å²) >= 11 is 0. The first-order chi connectivity index (χ1) is 10.5. The Labute approximate surface area is 126 Å². The number of terminal acetylenes is 1. The number of carbonyl (C=O) groups excluding carboxylic acids is 1. The van der Waals surface area contributed by atoms with E-state index in [1.165, 1.54) is 23.9 Å². The fraction of sp³-hybridized carbons (Fsp3) is 0.250. The Morgan fingerprint density at radius 2 is 2.18 bits per heavy atom. The van der Waals surface area contributed by atoms with E-state index in [1.54, 1.807) is 6.92 Å². The minimum Gasteiger partial charge on any atom is -0.494 e. The number of methoxy groups -OCH3 is 1.